The van der Waals surface area contributed by atoms with E-state index in [9.17, 15) is 14.4 Å². The van der Waals surface area contributed by atoms with Crippen molar-refractivity contribution in [3.63, 3.8) is 0 Å². The number of allylic oxidation sites excluding steroid dienone is 2. The molecule has 0 N–H and O–H groups in total. The highest BCUT2D eigenvalue weighted by Gasteiger charge is 2.20. The molecule has 2 aromatic carbocycles. The highest BCUT2D eigenvalue weighted by atomic mass is 35.5. The van der Waals surface area contributed by atoms with Gasteiger partial charge in [-0.2, -0.15) is 0 Å². The molecule has 3 rings (SSSR count). The van der Waals surface area contributed by atoms with Crippen molar-refractivity contribution in [1.29, 1.82) is 0 Å². The number of carbonyl (C=O) groups excluding carboxylic acids is 3. The normalized spacial score (nSPS) is 17.0. The Morgan fingerprint density at radius 1 is 0.724 bits per heavy atom. The maximum Gasteiger partial charge on any atom is 0.185 e. The summed E-state index contributed by atoms with van der Waals surface area (Å²) in [5.74, 6) is -0.299. The van der Waals surface area contributed by atoms with Gasteiger partial charge in [-0.3, -0.25) is 14.4 Å². The Balaban J connectivity index is 1.79. The lowest BCUT2D eigenvalue weighted by Crippen LogP contribution is -2.12. The van der Waals surface area contributed by atoms with Crippen molar-refractivity contribution in [1.82, 2.24) is 0 Å². The molecule has 1 aliphatic rings. The van der Waals surface area contributed by atoms with Crippen LogP contribution in [-0.4, -0.2) is 29.1 Å². The third kappa shape index (κ3) is 5.31. The van der Waals surface area contributed by atoms with E-state index in [1.165, 1.54) is 0 Å². The molecule has 0 spiro atoms. The van der Waals surface area contributed by atoms with E-state index in [4.69, 9.17) is 23.2 Å². The lowest BCUT2D eigenvalue weighted by molar-refractivity contribution is -0.112. The summed E-state index contributed by atoms with van der Waals surface area (Å²) in [6.45, 7) is 0. The van der Waals surface area contributed by atoms with Crippen molar-refractivity contribution in [3.8, 4) is 0 Å². The van der Waals surface area contributed by atoms with Crippen LogP contribution in [0, 0.1) is 0 Å². The molecule has 29 heavy (non-hydrogen) atoms. The maximum atomic E-state index is 12.9. The van der Waals surface area contributed by atoms with E-state index < -0.39 is 0 Å². The van der Waals surface area contributed by atoms with Crippen LogP contribution in [-0.2, 0) is 4.79 Å². The summed E-state index contributed by atoms with van der Waals surface area (Å²) in [5, 5.41) is 0. The molecule has 2 aromatic rings. The second-order valence-corrected chi connectivity index (χ2v) is 7.41. The average Bonchev–Trinajstić information content (AvgIpc) is 2.76. The molecule has 0 saturated heterocycles. The Hall–Kier alpha value is -2.49. The fourth-order valence-corrected chi connectivity index (χ4v) is 3.57. The number of hydrogen-bond donors (Lipinski definition) is 0. The van der Waals surface area contributed by atoms with Crippen LogP contribution in [0.5, 0.6) is 0 Å². The van der Waals surface area contributed by atoms with Gasteiger partial charge in [0.25, 0.3) is 0 Å². The van der Waals surface area contributed by atoms with Gasteiger partial charge in [0.15, 0.2) is 17.3 Å². The number of ketones is 3. The standard InChI is InChI=1S/C24H20Cl2O3/c25-14-22(27)18-8-4-16(5-9-18)12-20-2-1-3-21(24(20)29)13-17-6-10-19(11-7-17)23(28)15-26/h4-13H,1-3,14-15H2/b20-12-,21-13-. The summed E-state index contributed by atoms with van der Waals surface area (Å²) in [5.41, 5.74) is 4.40. The Labute approximate surface area is 180 Å². The number of Topliss-reactive ketones (excluding diaryl/α,β-unsaturated/α-hetero) is 3. The monoisotopic (exact) mass is 426 g/mol. The van der Waals surface area contributed by atoms with E-state index >= 15 is 0 Å². The van der Waals surface area contributed by atoms with Crippen molar-refractivity contribution >= 4 is 52.7 Å². The molecule has 0 heterocycles. The number of rotatable bonds is 6. The van der Waals surface area contributed by atoms with Gasteiger partial charge in [-0.15, -0.1) is 23.2 Å². The first-order chi connectivity index (χ1) is 14.0. The molecular weight excluding hydrogens is 407 g/mol. The Kier molecular flexibility index (Phi) is 7.18. The zero-order valence-electron chi connectivity index (χ0n) is 15.8. The minimum absolute atomic E-state index is 0.0399. The molecular formula is C24H20Cl2O3. The van der Waals surface area contributed by atoms with Crippen LogP contribution < -0.4 is 0 Å². The Morgan fingerprint density at radius 3 is 1.45 bits per heavy atom. The van der Waals surface area contributed by atoms with Gasteiger partial charge < -0.3 is 0 Å². The van der Waals surface area contributed by atoms with Gasteiger partial charge in [-0.25, -0.2) is 0 Å². The van der Waals surface area contributed by atoms with Crippen molar-refractivity contribution in [2.45, 2.75) is 19.3 Å². The first-order valence-electron chi connectivity index (χ1n) is 9.36. The van der Waals surface area contributed by atoms with E-state index in [-0.39, 0.29) is 29.1 Å². The minimum atomic E-state index is -0.122. The van der Waals surface area contributed by atoms with Gasteiger partial charge in [0, 0.05) is 22.3 Å². The zero-order valence-corrected chi connectivity index (χ0v) is 17.3. The summed E-state index contributed by atoms with van der Waals surface area (Å²) in [6, 6.07) is 14.2. The summed E-state index contributed by atoms with van der Waals surface area (Å²) < 4.78 is 0. The van der Waals surface area contributed by atoms with Gasteiger partial charge in [-0.05, 0) is 42.5 Å². The molecule has 0 bridgehead atoms. The Bertz CT molecular complexity index is 904. The quantitative estimate of drug-likeness (QED) is 0.335. The van der Waals surface area contributed by atoms with Crippen LogP contribution >= 0.6 is 23.2 Å². The lowest BCUT2D eigenvalue weighted by atomic mass is 9.86. The van der Waals surface area contributed by atoms with E-state index in [0.29, 0.717) is 11.1 Å². The molecule has 0 unspecified atom stereocenters. The predicted molar refractivity (Wildman–Crippen MR) is 118 cm³/mol. The number of benzene rings is 2. The summed E-state index contributed by atoms with van der Waals surface area (Å²) >= 11 is 11.2. The fraction of sp³-hybridized carbons (Fsp3) is 0.208. The molecule has 1 aliphatic carbocycles. The molecule has 0 atom stereocenters. The summed E-state index contributed by atoms with van der Waals surface area (Å²) in [6.07, 6.45) is 6.11. The van der Waals surface area contributed by atoms with E-state index in [1.807, 2.05) is 36.4 Å². The first kappa shape index (κ1) is 21.2. The second kappa shape index (κ2) is 9.82. The van der Waals surface area contributed by atoms with Gasteiger partial charge in [-0.1, -0.05) is 48.5 Å². The van der Waals surface area contributed by atoms with Crippen molar-refractivity contribution in [3.05, 3.63) is 81.9 Å². The minimum Gasteiger partial charge on any atom is -0.293 e. The van der Waals surface area contributed by atoms with Crippen LogP contribution in [0.25, 0.3) is 12.2 Å². The molecule has 3 nitrogen and oxygen atoms in total. The molecule has 0 amide bonds. The largest absolute Gasteiger partial charge is 0.293 e. The first-order valence-corrected chi connectivity index (χ1v) is 10.4. The van der Waals surface area contributed by atoms with E-state index in [2.05, 4.69) is 0 Å². The van der Waals surface area contributed by atoms with E-state index in [1.54, 1.807) is 24.3 Å². The predicted octanol–water partition coefficient (Wildman–Crippen LogP) is 5.75. The number of carbonyl (C=O) groups is 3. The third-order valence-corrected chi connectivity index (χ3v) is 5.35. The fourth-order valence-electron chi connectivity index (χ4n) is 3.27. The van der Waals surface area contributed by atoms with Crippen LogP contribution in [0.15, 0.2) is 59.7 Å². The molecule has 1 saturated carbocycles. The van der Waals surface area contributed by atoms with Gasteiger partial charge in [0.2, 0.25) is 0 Å². The second-order valence-electron chi connectivity index (χ2n) is 6.88. The Morgan fingerprint density at radius 2 is 1.10 bits per heavy atom. The summed E-state index contributed by atoms with van der Waals surface area (Å²) in [7, 11) is 0. The van der Waals surface area contributed by atoms with Crippen molar-refractivity contribution in [2.75, 3.05) is 11.8 Å². The van der Waals surface area contributed by atoms with Gasteiger partial charge in [0.1, 0.15) is 0 Å². The SMILES string of the molecule is O=C1/C(=C\c2ccc(C(=O)CCl)cc2)CCC/C1=C/c1ccc(C(=O)CCl)cc1. The number of hydrogen-bond acceptors (Lipinski definition) is 3. The highest BCUT2D eigenvalue weighted by molar-refractivity contribution is 6.30. The van der Waals surface area contributed by atoms with Gasteiger partial charge in [0.05, 0.1) is 11.8 Å². The molecule has 5 heteroatoms. The van der Waals surface area contributed by atoms with Crippen LogP contribution in [0.3, 0.4) is 0 Å². The zero-order chi connectivity index (χ0) is 20.8. The van der Waals surface area contributed by atoms with Gasteiger partial charge >= 0.3 is 0 Å². The maximum absolute atomic E-state index is 12.9. The van der Waals surface area contributed by atoms with Crippen molar-refractivity contribution in [2.24, 2.45) is 0 Å². The molecule has 0 aromatic heterocycles. The lowest BCUT2D eigenvalue weighted by Gasteiger charge is -2.16. The summed E-state index contributed by atoms with van der Waals surface area (Å²) in [4.78, 5) is 36.1. The molecule has 1 fully saturated rings. The topological polar surface area (TPSA) is 51.2 Å². The average molecular weight is 427 g/mol. The molecule has 0 radical (unpaired) electrons. The molecule has 0 aliphatic heterocycles. The molecule has 148 valence electrons. The van der Waals surface area contributed by atoms with Crippen LogP contribution in [0.1, 0.15) is 51.1 Å². The van der Waals surface area contributed by atoms with Crippen LogP contribution in [0.4, 0.5) is 0 Å². The van der Waals surface area contributed by atoms with Crippen molar-refractivity contribution < 1.29 is 14.4 Å². The van der Waals surface area contributed by atoms with Crippen LogP contribution in [0.2, 0.25) is 0 Å². The smallest absolute Gasteiger partial charge is 0.185 e. The number of alkyl halides is 2. The van der Waals surface area contributed by atoms with E-state index in [0.717, 1.165) is 41.5 Å². The highest BCUT2D eigenvalue weighted by Crippen LogP contribution is 2.28. The number of halogens is 2. The third-order valence-electron chi connectivity index (χ3n) is 4.87.